The van der Waals surface area contributed by atoms with Crippen molar-refractivity contribution in [3.63, 3.8) is 0 Å². The van der Waals surface area contributed by atoms with Crippen LogP contribution in [0.3, 0.4) is 0 Å². The standard InChI is InChI=1S/C18H28N2O/c1-14-7-10-20(11-8-14)18(13-19)9-3-4-15-12-16(21-2)5-6-17(15)18/h5-6,12,14H,3-4,7-11,13,19H2,1-2H3. The van der Waals surface area contributed by atoms with Crippen molar-refractivity contribution in [3.05, 3.63) is 29.3 Å². The molecule has 2 aliphatic rings. The van der Waals surface area contributed by atoms with Crippen LogP contribution in [0.2, 0.25) is 0 Å². The third-order valence-corrected chi connectivity index (χ3v) is 5.58. The first kappa shape index (κ1) is 14.9. The lowest BCUT2D eigenvalue weighted by atomic mass is 9.74. The van der Waals surface area contributed by atoms with Gasteiger partial charge in [-0.15, -0.1) is 0 Å². The van der Waals surface area contributed by atoms with Crippen LogP contribution in [0.4, 0.5) is 0 Å². The van der Waals surface area contributed by atoms with E-state index in [2.05, 4.69) is 30.0 Å². The summed E-state index contributed by atoms with van der Waals surface area (Å²) < 4.78 is 5.40. The van der Waals surface area contributed by atoms with E-state index < -0.39 is 0 Å². The Bertz CT molecular complexity index is 494. The Morgan fingerprint density at radius 3 is 2.76 bits per heavy atom. The fraction of sp³-hybridized carbons (Fsp3) is 0.667. The molecule has 0 spiro atoms. The van der Waals surface area contributed by atoms with Crippen LogP contribution >= 0.6 is 0 Å². The molecule has 3 heteroatoms. The number of methoxy groups -OCH3 is 1. The molecule has 2 N–H and O–H groups in total. The van der Waals surface area contributed by atoms with Crippen LogP contribution < -0.4 is 10.5 Å². The lowest BCUT2D eigenvalue weighted by Gasteiger charge is -2.49. The largest absolute Gasteiger partial charge is 0.497 e. The maximum Gasteiger partial charge on any atom is 0.119 e. The van der Waals surface area contributed by atoms with E-state index >= 15 is 0 Å². The minimum absolute atomic E-state index is 0.0556. The highest BCUT2D eigenvalue weighted by molar-refractivity contribution is 5.42. The first-order valence-electron chi connectivity index (χ1n) is 8.32. The topological polar surface area (TPSA) is 38.5 Å². The zero-order valence-corrected chi connectivity index (χ0v) is 13.4. The molecular formula is C18H28N2O. The predicted octanol–water partition coefficient (Wildman–Crippen LogP) is 2.92. The van der Waals surface area contributed by atoms with Crippen LogP contribution in [0.5, 0.6) is 5.75 Å². The summed E-state index contributed by atoms with van der Waals surface area (Å²) in [4.78, 5) is 2.66. The Morgan fingerprint density at radius 1 is 1.33 bits per heavy atom. The van der Waals surface area contributed by atoms with Gasteiger partial charge in [0.25, 0.3) is 0 Å². The summed E-state index contributed by atoms with van der Waals surface area (Å²) in [5.41, 5.74) is 9.26. The molecule has 1 saturated heterocycles. The second-order valence-corrected chi connectivity index (χ2v) is 6.78. The van der Waals surface area contributed by atoms with Gasteiger partial charge in [0.1, 0.15) is 5.75 Å². The molecule has 0 radical (unpaired) electrons. The van der Waals surface area contributed by atoms with Crippen molar-refractivity contribution in [2.45, 2.75) is 44.6 Å². The summed E-state index contributed by atoms with van der Waals surface area (Å²) in [6, 6.07) is 6.57. The average molecular weight is 288 g/mol. The zero-order chi connectivity index (χ0) is 14.9. The number of nitrogens with two attached hydrogens (primary N) is 1. The fourth-order valence-corrected chi connectivity index (χ4v) is 4.17. The van der Waals surface area contributed by atoms with Crippen LogP contribution in [0.1, 0.15) is 43.7 Å². The summed E-state index contributed by atoms with van der Waals surface area (Å²) >= 11 is 0. The first-order valence-corrected chi connectivity index (χ1v) is 8.32. The predicted molar refractivity (Wildman–Crippen MR) is 86.6 cm³/mol. The molecule has 1 atom stereocenters. The Kier molecular flexibility index (Phi) is 4.23. The minimum Gasteiger partial charge on any atom is -0.497 e. The van der Waals surface area contributed by atoms with Crippen LogP contribution in [0.15, 0.2) is 18.2 Å². The summed E-state index contributed by atoms with van der Waals surface area (Å²) in [5, 5.41) is 0. The van der Waals surface area contributed by atoms with Crippen molar-refractivity contribution in [2.75, 3.05) is 26.7 Å². The average Bonchev–Trinajstić information content (AvgIpc) is 2.54. The summed E-state index contributed by atoms with van der Waals surface area (Å²) in [7, 11) is 1.74. The number of hydrogen-bond donors (Lipinski definition) is 1. The Hall–Kier alpha value is -1.06. The number of rotatable bonds is 3. The van der Waals surface area contributed by atoms with Crippen molar-refractivity contribution in [3.8, 4) is 5.75 Å². The molecule has 116 valence electrons. The van der Waals surface area contributed by atoms with E-state index in [0.29, 0.717) is 0 Å². The van der Waals surface area contributed by atoms with Crippen molar-refractivity contribution in [2.24, 2.45) is 11.7 Å². The van der Waals surface area contributed by atoms with E-state index in [1.807, 2.05) is 0 Å². The van der Waals surface area contributed by atoms with Crippen molar-refractivity contribution >= 4 is 0 Å². The Morgan fingerprint density at radius 2 is 2.10 bits per heavy atom. The monoisotopic (exact) mass is 288 g/mol. The van der Waals surface area contributed by atoms with Gasteiger partial charge in [-0.2, -0.15) is 0 Å². The molecule has 1 aliphatic carbocycles. The van der Waals surface area contributed by atoms with Crippen molar-refractivity contribution < 1.29 is 4.74 Å². The number of aryl methyl sites for hydroxylation is 1. The normalized spacial score (nSPS) is 27.4. The van der Waals surface area contributed by atoms with Gasteiger partial charge in [-0.1, -0.05) is 13.0 Å². The summed E-state index contributed by atoms with van der Waals surface area (Å²) in [6.45, 7) is 5.46. The lowest BCUT2D eigenvalue weighted by molar-refractivity contribution is 0.0414. The molecule has 1 heterocycles. The third-order valence-electron chi connectivity index (χ3n) is 5.58. The van der Waals surface area contributed by atoms with Crippen LogP contribution in [0, 0.1) is 5.92 Å². The minimum atomic E-state index is 0.0556. The van der Waals surface area contributed by atoms with Crippen molar-refractivity contribution in [1.29, 1.82) is 0 Å². The quantitative estimate of drug-likeness (QED) is 0.929. The molecule has 0 saturated carbocycles. The molecule has 0 bridgehead atoms. The van der Waals surface area contributed by atoms with Gasteiger partial charge in [-0.3, -0.25) is 4.90 Å². The SMILES string of the molecule is COc1ccc2c(c1)CCCC2(CN)N1CCC(C)CC1. The molecule has 1 aliphatic heterocycles. The maximum atomic E-state index is 6.32. The highest BCUT2D eigenvalue weighted by atomic mass is 16.5. The number of hydrogen-bond acceptors (Lipinski definition) is 3. The van der Waals surface area contributed by atoms with Gasteiger partial charge in [-0.25, -0.2) is 0 Å². The van der Waals surface area contributed by atoms with Gasteiger partial charge >= 0.3 is 0 Å². The zero-order valence-electron chi connectivity index (χ0n) is 13.4. The summed E-state index contributed by atoms with van der Waals surface area (Å²) in [5.74, 6) is 1.82. The summed E-state index contributed by atoms with van der Waals surface area (Å²) in [6.07, 6.45) is 6.17. The van der Waals surface area contributed by atoms with Crippen LogP contribution in [0.25, 0.3) is 0 Å². The molecule has 1 aromatic rings. The first-order chi connectivity index (χ1) is 10.2. The Labute approximate surface area is 128 Å². The highest BCUT2D eigenvalue weighted by Crippen LogP contribution is 2.42. The number of fused-ring (bicyclic) bond motifs is 1. The van der Waals surface area contributed by atoms with Crippen LogP contribution in [-0.2, 0) is 12.0 Å². The second kappa shape index (κ2) is 5.98. The molecule has 21 heavy (non-hydrogen) atoms. The smallest absolute Gasteiger partial charge is 0.119 e. The molecule has 3 rings (SSSR count). The van der Waals surface area contributed by atoms with E-state index in [4.69, 9.17) is 10.5 Å². The number of ether oxygens (including phenoxy) is 1. The van der Waals surface area contributed by atoms with Crippen molar-refractivity contribution in [1.82, 2.24) is 4.90 Å². The van der Waals surface area contributed by atoms with Gasteiger partial charge in [0.2, 0.25) is 0 Å². The molecule has 1 unspecified atom stereocenters. The fourth-order valence-electron chi connectivity index (χ4n) is 4.17. The Balaban J connectivity index is 1.96. The van der Waals surface area contributed by atoms with Gasteiger partial charge < -0.3 is 10.5 Å². The molecular weight excluding hydrogens is 260 g/mol. The maximum absolute atomic E-state index is 6.32. The van der Waals surface area contributed by atoms with E-state index in [1.165, 1.54) is 49.9 Å². The van der Waals surface area contributed by atoms with Gasteiger partial charge in [0, 0.05) is 6.54 Å². The molecule has 0 amide bonds. The third kappa shape index (κ3) is 2.58. The van der Waals surface area contributed by atoms with E-state index in [0.717, 1.165) is 24.6 Å². The van der Waals surface area contributed by atoms with Gasteiger partial charge in [-0.05, 0) is 74.4 Å². The molecule has 1 fully saturated rings. The van der Waals surface area contributed by atoms with Gasteiger partial charge in [0.15, 0.2) is 0 Å². The number of nitrogens with zero attached hydrogens (tertiary/aromatic N) is 1. The van der Waals surface area contributed by atoms with E-state index in [1.54, 1.807) is 7.11 Å². The van der Waals surface area contributed by atoms with E-state index in [9.17, 15) is 0 Å². The second-order valence-electron chi connectivity index (χ2n) is 6.78. The van der Waals surface area contributed by atoms with Gasteiger partial charge in [0.05, 0.1) is 12.6 Å². The lowest BCUT2D eigenvalue weighted by Crippen LogP contribution is -2.55. The number of benzene rings is 1. The van der Waals surface area contributed by atoms with E-state index in [-0.39, 0.29) is 5.54 Å². The molecule has 1 aromatic carbocycles. The number of likely N-dealkylation sites (tertiary alicyclic amines) is 1. The number of piperidine rings is 1. The highest BCUT2D eigenvalue weighted by Gasteiger charge is 2.41. The molecule has 0 aromatic heterocycles. The van der Waals surface area contributed by atoms with Crippen LogP contribution in [-0.4, -0.2) is 31.6 Å². The molecule has 3 nitrogen and oxygen atoms in total.